The monoisotopic (exact) mass is 320 g/mol. The largest absolute Gasteiger partial charge is 0.368 e. The Kier molecular flexibility index (Phi) is 3.55. The number of hydrogen-bond donors (Lipinski definition) is 0. The quantitative estimate of drug-likeness (QED) is 0.850. The molecule has 1 aliphatic rings. The van der Waals surface area contributed by atoms with E-state index in [0.717, 1.165) is 16.7 Å². The van der Waals surface area contributed by atoms with Crippen molar-refractivity contribution in [2.75, 3.05) is 11.4 Å². The number of benzene rings is 1. The summed E-state index contributed by atoms with van der Waals surface area (Å²) in [6.45, 7) is 3.45. The van der Waals surface area contributed by atoms with Crippen LogP contribution in [0, 0.1) is 0 Å². The minimum absolute atomic E-state index is 0.616. The molecule has 2 aromatic rings. The number of piperidine rings is 1. The molecule has 0 bridgehead atoms. The Hall–Kier alpha value is -1.36. The predicted octanol–water partition coefficient (Wildman–Crippen LogP) is 3.41. The van der Waals surface area contributed by atoms with Crippen LogP contribution in [0.15, 0.2) is 35.3 Å². The average Bonchev–Trinajstić information content (AvgIpc) is 2.94. The van der Waals surface area contributed by atoms with Gasteiger partial charge in [0, 0.05) is 22.7 Å². The molecule has 0 aliphatic carbocycles. The summed E-state index contributed by atoms with van der Waals surface area (Å²) in [5.41, 5.74) is 2.36. The highest BCUT2D eigenvalue weighted by Gasteiger charge is 2.20. The lowest BCUT2D eigenvalue weighted by Crippen LogP contribution is -2.37. The normalized spacial score (nSPS) is 19.7. The molecule has 2 heterocycles. The third-order valence-corrected chi connectivity index (χ3v) is 4.40. The van der Waals surface area contributed by atoms with Crippen molar-refractivity contribution in [2.45, 2.75) is 32.2 Å². The van der Waals surface area contributed by atoms with Crippen molar-refractivity contribution < 1.29 is 0 Å². The maximum atomic E-state index is 3.84. The molecule has 1 fully saturated rings. The van der Waals surface area contributed by atoms with E-state index in [0.29, 0.717) is 6.04 Å². The molecule has 0 saturated carbocycles. The maximum Gasteiger partial charge on any atom is 0.123 e. The van der Waals surface area contributed by atoms with Crippen LogP contribution in [-0.4, -0.2) is 27.4 Å². The summed E-state index contributed by atoms with van der Waals surface area (Å²) in [5, 5.41) is 7.68. The van der Waals surface area contributed by atoms with Crippen LogP contribution in [0.2, 0.25) is 0 Å². The fourth-order valence-electron chi connectivity index (χ4n) is 2.68. The van der Waals surface area contributed by atoms with Gasteiger partial charge in [0.25, 0.3) is 0 Å². The Labute approximate surface area is 121 Å². The second kappa shape index (κ2) is 5.33. The summed E-state index contributed by atoms with van der Waals surface area (Å²) in [7, 11) is 0. The van der Waals surface area contributed by atoms with Gasteiger partial charge in [0.05, 0.1) is 5.69 Å². The Bertz CT molecular complexity index is 553. The lowest BCUT2D eigenvalue weighted by molar-refractivity contribution is 0.484. The van der Waals surface area contributed by atoms with Crippen LogP contribution < -0.4 is 4.90 Å². The molecular formula is C14H17BrN4. The molecule has 1 saturated heterocycles. The highest BCUT2D eigenvalue weighted by Crippen LogP contribution is 2.32. The standard InChI is InChI=1S/C14H17BrN4/c1-11-4-2-3-7-19(11)14-6-5-12(8-13(14)15)18-9-16-17-10-18/h5-6,8-11H,2-4,7H2,1H3/t11-/m0/s1. The molecule has 4 nitrogen and oxygen atoms in total. The zero-order chi connectivity index (χ0) is 13.2. The van der Waals surface area contributed by atoms with Gasteiger partial charge in [-0.15, -0.1) is 10.2 Å². The number of hydrogen-bond acceptors (Lipinski definition) is 3. The summed E-state index contributed by atoms with van der Waals surface area (Å²) in [6, 6.07) is 7.04. The van der Waals surface area contributed by atoms with Crippen molar-refractivity contribution in [3.63, 3.8) is 0 Å². The molecule has 0 radical (unpaired) electrons. The minimum atomic E-state index is 0.616. The average molecular weight is 321 g/mol. The van der Waals surface area contributed by atoms with Gasteiger partial charge in [-0.1, -0.05) is 0 Å². The molecule has 1 atom stereocenters. The highest BCUT2D eigenvalue weighted by atomic mass is 79.9. The second-order valence-corrected chi connectivity index (χ2v) is 5.90. The number of anilines is 1. The van der Waals surface area contributed by atoms with E-state index >= 15 is 0 Å². The van der Waals surface area contributed by atoms with E-state index in [1.54, 1.807) is 12.7 Å². The summed E-state index contributed by atoms with van der Waals surface area (Å²) < 4.78 is 3.04. The van der Waals surface area contributed by atoms with E-state index < -0.39 is 0 Å². The van der Waals surface area contributed by atoms with E-state index in [1.807, 2.05) is 4.57 Å². The molecule has 100 valence electrons. The van der Waals surface area contributed by atoms with Crippen molar-refractivity contribution in [3.8, 4) is 5.69 Å². The molecule has 19 heavy (non-hydrogen) atoms. The molecule has 0 amide bonds. The Morgan fingerprint density at radius 3 is 2.68 bits per heavy atom. The van der Waals surface area contributed by atoms with E-state index in [4.69, 9.17) is 0 Å². The van der Waals surface area contributed by atoms with Crippen molar-refractivity contribution in [2.24, 2.45) is 0 Å². The number of halogens is 1. The molecule has 5 heteroatoms. The Morgan fingerprint density at radius 2 is 2.00 bits per heavy atom. The molecule has 0 N–H and O–H groups in total. The predicted molar refractivity (Wildman–Crippen MR) is 79.7 cm³/mol. The summed E-state index contributed by atoms with van der Waals surface area (Å²) in [4.78, 5) is 2.49. The highest BCUT2D eigenvalue weighted by molar-refractivity contribution is 9.10. The lowest BCUT2D eigenvalue weighted by atomic mass is 10.0. The number of rotatable bonds is 2. The SMILES string of the molecule is C[C@H]1CCCCN1c1ccc(-n2cnnc2)cc1Br. The number of aromatic nitrogens is 3. The van der Waals surface area contributed by atoms with Gasteiger partial charge >= 0.3 is 0 Å². The number of nitrogens with zero attached hydrogens (tertiary/aromatic N) is 4. The lowest BCUT2D eigenvalue weighted by Gasteiger charge is -2.36. The zero-order valence-electron chi connectivity index (χ0n) is 11.0. The summed E-state index contributed by atoms with van der Waals surface area (Å²) >= 11 is 3.70. The van der Waals surface area contributed by atoms with E-state index in [2.05, 4.69) is 56.2 Å². The van der Waals surface area contributed by atoms with Gasteiger partial charge in [-0.2, -0.15) is 0 Å². The van der Waals surface area contributed by atoms with Crippen LogP contribution in [0.3, 0.4) is 0 Å². The third-order valence-electron chi connectivity index (χ3n) is 3.76. The molecule has 0 unspecified atom stereocenters. The van der Waals surface area contributed by atoms with E-state index in [9.17, 15) is 0 Å². The fraction of sp³-hybridized carbons (Fsp3) is 0.429. The fourth-order valence-corrected chi connectivity index (χ4v) is 3.27. The van der Waals surface area contributed by atoms with Crippen LogP contribution in [0.1, 0.15) is 26.2 Å². The smallest absolute Gasteiger partial charge is 0.123 e. The van der Waals surface area contributed by atoms with Crippen LogP contribution in [0.25, 0.3) is 5.69 Å². The van der Waals surface area contributed by atoms with Crippen molar-refractivity contribution in [1.82, 2.24) is 14.8 Å². The van der Waals surface area contributed by atoms with Crippen LogP contribution in [-0.2, 0) is 0 Å². The van der Waals surface area contributed by atoms with Gasteiger partial charge in [-0.3, -0.25) is 4.57 Å². The van der Waals surface area contributed by atoms with Crippen LogP contribution >= 0.6 is 15.9 Å². The van der Waals surface area contributed by atoms with Gasteiger partial charge in [-0.05, 0) is 60.3 Å². The van der Waals surface area contributed by atoms with Gasteiger partial charge in [0.1, 0.15) is 12.7 Å². The van der Waals surface area contributed by atoms with E-state index in [-0.39, 0.29) is 0 Å². The molecule has 1 aromatic carbocycles. The summed E-state index contributed by atoms with van der Waals surface area (Å²) in [6.07, 6.45) is 7.33. The second-order valence-electron chi connectivity index (χ2n) is 5.04. The maximum absolute atomic E-state index is 3.84. The van der Waals surface area contributed by atoms with Crippen molar-refractivity contribution in [1.29, 1.82) is 0 Å². The minimum Gasteiger partial charge on any atom is -0.368 e. The van der Waals surface area contributed by atoms with E-state index in [1.165, 1.54) is 24.9 Å². The Balaban J connectivity index is 1.91. The van der Waals surface area contributed by atoms with Gasteiger partial charge in [-0.25, -0.2) is 0 Å². The third kappa shape index (κ3) is 2.52. The molecule has 1 aromatic heterocycles. The van der Waals surface area contributed by atoms with Crippen molar-refractivity contribution >= 4 is 21.6 Å². The first-order valence-corrected chi connectivity index (χ1v) is 7.46. The zero-order valence-corrected chi connectivity index (χ0v) is 12.5. The van der Waals surface area contributed by atoms with Gasteiger partial charge in [0.15, 0.2) is 0 Å². The molecular weight excluding hydrogens is 304 g/mol. The van der Waals surface area contributed by atoms with Gasteiger partial charge < -0.3 is 4.90 Å². The molecule has 1 aliphatic heterocycles. The first-order chi connectivity index (χ1) is 9.25. The topological polar surface area (TPSA) is 34.0 Å². The first kappa shape index (κ1) is 12.7. The Morgan fingerprint density at radius 1 is 1.21 bits per heavy atom. The summed E-state index contributed by atoms with van der Waals surface area (Å²) in [5.74, 6) is 0. The first-order valence-electron chi connectivity index (χ1n) is 6.67. The van der Waals surface area contributed by atoms with Crippen LogP contribution in [0.5, 0.6) is 0 Å². The van der Waals surface area contributed by atoms with Gasteiger partial charge in [0.2, 0.25) is 0 Å². The van der Waals surface area contributed by atoms with Crippen molar-refractivity contribution in [3.05, 3.63) is 35.3 Å². The molecule has 0 spiro atoms. The van der Waals surface area contributed by atoms with Crippen LogP contribution in [0.4, 0.5) is 5.69 Å². The molecule has 3 rings (SSSR count).